The van der Waals surface area contributed by atoms with Crippen LogP contribution in [0.3, 0.4) is 0 Å². The quantitative estimate of drug-likeness (QED) is 0.429. The molecule has 10 heavy (non-hydrogen) atoms. The summed E-state index contributed by atoms with van der Waals surface area (Å²) in [6.07, 6.45) is -0.354. The first-order valence-corrected chi connectivity index (χ1v) is 3.69. The van der Waals surface area contributed by atoms with E-state index >= 15 is 0 Å². The van der Waals surface area contributed by atoms with E-state index in [9.17, 15) is 5.11 Å². The van der Waals surface area contributed by atoms with Crippen LogP contribution in [0.2, 0.25) is 0 Å². The second kappa shape index (κ2) is 1.53. The van der Waals surface area contributed by atoms with Gasteiger partial charge in [-0.1, -0.05) is 0 Å². The van der Waals surface area contributed by atoms with Gasteiger partial charge in [-0.3, -0.25) is 4.90 Å². The first kappa shape index (κ1) is 5.49. The molecule has 0 amide bonds. The van der Waals surface area contributed by atoms with Crippen LogP contribution >= 0.6 is 0 Å². The van der Waals surface area contributed by atoms with E-state index < -0.39 is 6.29 Å². The average molecular weight is 142 g/mol. The molecule has 56 valence electrons. The molecule has 0 radical (unpaired) electrons. The molecule has 5 atom stereocenters. The Morgan fingerprint density at radius 3 is 2.80 bits per heavy atom. The van der Waals surface area contributed by atoms with Crippen LogP contribution in [0.5, 0.6) is 0 Å². The minimum Gasteiger partial charge on any atom is -0.366 e. The van der Waals surface area contributed by atoms with Crippen molar-refractivity contribution >= 4 is 0 Å². The molecular formula is C6H10N2O2. The molecule has 3 heterocycles. The van der Waals surface area contributed by atoms with Gasteiger partial charge in [-0.05, 0) is 0 Å². The normalized spacial score (nSPS) is 63.9. The van der Waals surface area contributed by atoms with E-state index in [1.165, 1.54) is 0 Å². The topological polar surface area (TPSA) is 54.4 Å². The number of nitrogens with zero attached hydrogens (tertiary/aromatic N) is 1. The highest BCUT2D eigenvalue weighted by molar-refractivity contribution is 5.06. The van der Waals surface area contributed by atoms with Gasteiger partial charge in [0.25, 0.3) is 0 Å². The first-order valence-electron chi connectivity index (χ1n) is 3.69. The lowest BCUT2D eigenvalue weighted by atomic mass is 10.4. The van der Waals surface area contributed by atoms with Gasteiger partial charge in [0.2, 0.25) is 0 Å². The monoisotopic (exact) mass is 142 g/mol. The fraction of sp³-hybridized carbons (Fsp3) is 1.00. The number of aliphatic hydroxyl groups is 1. The van der Waals surface area contributed by atoms with Gasteiger partial charge in [-0.25, -0.2) is 0 Å². The molecule has 0 bridgehead atoms. The van der Waals surface area contributed by atoms with Gasteiger partial charge in [-0.2, -0.15) is 0 Å². The van der Waals surface area contributed by atoms with E-state index in [1.807, 2.05) is 0 Å². The summed E-state index contributed by atoms with van der Waals surface area (Å²) in [5.74, 6) is 0. The number of hydrogen-bond donors (Lipinski definition) is 2. The fourth-order valence-electron chi connectivity index (χ4n) is 1.62. The van der Waals surface area contributed by atoms with Crippen LogP contribution in [-0.4, -0.2) is 47.7 Å². The lowest BCUT2D eigenvalue weighted by molar-refractivity contribution is -0.111. The van der Waals surface area contributed by atoms with Crippen LogP contribution in [0, 0.1) is 0 Å². The Morgan fingerprint density at radius 2 is 2.40 bits per heavy atom. The zero-order chi connectivity index (χ0) is 6.72. The molecular weight excluding hydrogens is 132 g/mol. The van der Waals surface area contributed by atoms with Crippen LogP contribution in [0.1, 0.15) is 0 Å². The maximum atomic E-state index is 9.19. The van der Waals surface area contributed by atoms with Crippen LogP contribution in [0.15, 0.2) is 0 Å². The third kappa shape index (κ3) is 0.594. The van der Waals surface area contributed by atoms with Gasteiger partial charge >= 0.3 is 0 Å². The van der Waals surface area contributed by atoms with Gasteiger partial charge < -0.3 is 15.2 Å². The zero-order valence-corrected chi connectivity index (χ0v) is 5.53. The van der Waals surface area contributed by atoms with Crippen molar-refractivity contribution in [2.75, 3.05) is 13.1 Å². The Balaban J connectivity index is 1.76. The van der Waals surface area contributed by atoms with Gasteiger partial charge in [0.1, 0.15) is 6.23 Å². The molecule has 4 nitrogen and oxygen atoms in total. The SMILES string of the molecule is O[C@@H]1O[C@H](C2CN2)N2CC12. The predicted octanol–water partition coefficient (Wildman–Crippen LogP) is -1.68. The molecule has 0 aromatic heterocycles. The minimum absolute atomic E-state index is 0.167. The molecule has 3 aliphatic rings. The molecule has 4 heteroatoms. The Morgan fingerprint density at radius 1 is 1.60 bits per heavy atom. The summed E-state index contributed by atoms with van der Waals surface area (Å²) < 4.78 is 5.27. The van der Waals surface area contributed by atoms with E-state index in [4.69, 9.17) is 4.74 Å². The summed E-state index contributed by atoms with van der Waals surface area (Å²) in [6, 6.07) is 0.801. The van der Waals surface area contributed by atoms with E-state index in [-0.39, 0.29) is 6.23 Å². The van der Waals surface area contributed by atoms with Crippen molar-refractivity contribution in [2.24, 2.45) is 0 Å². The molecule has 0 aromatic rings. The third-order valence-corrected chi connectivity index (χ3v) is 2.41. The number of fused-ring (bicyclic) bond motifs is 1. The molecule has 3 unspecified atom stereocenters. The number of hydrogen-bond acceptors (Lipinski definition) is 4. The molecule has 0 aliphatic carbocycles. The van der Waals surface area contributed by atoms with Gasteiger partial charge in [0, 0.05) is 13.1 Å². The summed E-state index contributed by atoms with van der Waals surface area (Å²) in [5.41, 5.74) is 0. The minimum atomic E-state index is -0.521. The Kier molecular flexibility index (Phi) is 0.840. The smallest absolute Gasteiger partial charge is 0.173 e. The molecule has 3 rings (SSSR count). The van der Waals surface area contributed by atoms with E-state index in [0.717, 1.165) is 13.1 Å². The third-order valence-electron chi connectivity index (χ3n) is 2.41. The fourth-order valence-corrected chi connectivity index (χ4v) is 1.62. The number of nitrogens with one attached hydrogen (secondary N) is 1. The maximum absolute atomic E-state index is 9.19. The average Bonchev–Trinajstić information content (AvgIpc) is 2.81. The van der Waals surface area contributed by atoms with Crippen molar-refractivity contribution in [3.05, 3.63) is 0 Å². The van der Waals surface area contributed by atoms with E-state index in [0.29, 0.717) is 12.1 Å². The highest BCUT2D eigenvalue weighted by Crippen LogP contribution is 2.36. The number of ether oxygens (including phenoxy) is 1. The summed E-state index contributed by atoms with van der Waals surface area (Å²) in [7, 11) is 0. The van der Waals surface area contributed by atoms with Crippen molar-refractivity contribution in [3.8, 4) is 0 Å². The number of aliphatic hydroxyl groups excluding tert-OH is 1. The van der Waals surface area contributed by atoms with Crippen molar-refractivity contribution in [1.29, 1.82) is 0 Å². The lowest BCUT2D eigenvalue weighted by Crippen LogP contribution is -2.27. The molecule has 3 aliphatic heterocycles. The Labute approximate surface area is 58.8 Å². The lowest BCUT2D eigenvalue weighted by Gasteiger charge is -2.11. The van der Waals surface area contributed by atoms with Crippen molar-refractivity contribution in [2.45, 2.75) is 24.6 Å². The van der Waals surface area contributed by atoms with Crippen LogP contribution in [-0.2, 0) is 4.74 Å². The largest absolute Gasteiger partial charge is 0.366 e. The highest BCUT2D eigenvalue weighted by Gasteiger charge is 2.57. The Bertz CT molecular complexity index is 171. The second-order valence-electron chi connectivity index (χ2n) is 3.20. The first-order chi connectivity index (χ1) is 4.86. The van der Waals surface area contributed by atoms with E-state index in [1.54, 1.807) is 0 Å². The predicted molar refractivity (Wildman–Crippen MR) is 33.2 cm³/mol. The van der Waals surface area contributed by atoms with Crippen LogP contribution in [0.25, 0.3) is 0 Å². The summed E-state index contributed by atoms with van der Waals surface area (Å²) in [5, 5.41) is 12.4. The summed E-state index contributed by atoms with van der Waals surface area (Å²) in [4.78, 5) is 2.19. The van der Waals surface area contributed by atoms with Crippen LogP contribution in [0.4, 0.5) is 0 Å². The Hall–Kier alpha value is -0.160. The molecule has 0 spiro atoms. The second-order valence-corrected chi connectivity index (χ2v) is 3.20. The summed E-state index contributed by atoms with van der Waals surface area (Å²) in [6.45, 7) is 2.06. The van der Waals surface area contributed by atoms with Gasteiger partial charge in [0.05, 0.1) is 12.1 Å². The zero-order valence-electron chi connectivity index (χ0n) is 5.53. The molecule has 3 saturated heterocycles. The van der Waals surface area contributed by atoms with Crippen LogP contribution < -0.4 is 5.32 Å². The highest BCUT2D eigenvalue weighted by atomic mass is 16.6. The van der Waals surface area contributed by atoms with Gasteiger partial charge in [-0.15, -0.1) is 0 Å². The summed E-state index contributed by atoms with van der Waals surface area (Å²) >= 11 is 0. The van der Waals surface area contributed by atoms with Crippen molar-refractivity contribution < 1.29 is 9.84 Å². The number of rotatable bonds is 1. The van der Waals surface area contributed by atoms with E-state index in [2.05, 4.69) is 10.2 Å². The van der Waals surface area contributed by atoms with Gasteiger partial charge in [0.15, 0.2) is 6.29 Å². The van der Waals surface area contributed by atoms with Crippen molar-refractivity contribution in [1.82, 2.24) is 10.2 Å². The molecule has 3 fully saturated rings. The molecule has 0 aromatic carbocycles. The molecule has 0 saturated carbocycles. The van der Waals surface area contributed by atoms with Crippen molar-refractivity contribution in [3.63, 3.8) is 0 Å². The standard InChI is InChI=1S/C6H10N2O2/c9-6-4-2-8(4)5(10-6)3-1-7-3/h3-7,9H,1-2H2/t3?,4?,5-,6-,8?/m1/s1. The molecule has 2 N–H and O–H groups in total. The maximum Gasteiger partial charge on any atom is 0.173 e.